The van der Waals surface area contributed by atoms with Gasteiger partial charge in [-0.2, -0.15) is 0 Å². The second kappa shape index (κ2) is 4.90. The number of benzene rings is 1. The molecule has 0 unspecified atom stereocenters. The third kappa shape index (κ3) is 2.28. The molecule has 1 aromatic carbocycles. The van der Waals surface area contributed by atoms with Crippen LogP contribution in [-0.4, -0.2) is 11.3 Å². The smallest absolute Gasteiger partial charge is 0.229 e. The maximum atomic E-state index is 10.8. The molecule has 0 saturated heterocycles. The lowest BCUT2D eigenvalue weighted by Crippen LogP contribution is -1.93. The number of para-hydroxylation sites is 1. The van der Waals surface area contributed by atoms with Crippen molar-refractivity contribution < 1.29 is 9.53 Å². The summed E-state index contributed by atoms with van der Waals surface area (Å²) in [7, 11) is 0. The molecule has 4 heteroatoms. The van der Waals surface area contributed by atoms with Gasteiger partial charge >= 0.3 is 0 Å². The topological polar surface area (TPSA) is 39.2 Å². The first-order valence-corrected chi connectivity index (χ1v) is 5.43. The van der Waals surface area contributed by atoms with Crippen LogP contribution in [0.25, 0.3) is 0 Å². The van der Waals surface area contributed by atoms with Crippen LogP contribution in [0.2, 0.25) is 0 Å². The van der Waals surface area contributed by atoms with E-state index < -0.39 is 0 Å². The van der Waals surface area contributed by atoms with Crippen molar-refractivity contribution in [2.24, 2.45) is 0 Å². The first-order valence-electron chi connectivity index (χ1n) is 4.64. The normalized spacial score (nSPS) is 9.81. The Kier molecular flexibility index (Phi) is 3.31. The van der Waals surface area contributed by atoms with Crippen molar-refractivity contribution >= 4 is 22.2 Å². The van der Waals surface area contributed by atoms with Gasteiger partial charge in [-0.05, 0) is 40.2 Å². The zero-order valence-electron chi connectivity index (χ0n) is 8.26. The fourth-order valence-electron chi connectivity index (χ4n) is 1.21. The van der Waals surface area contributed by atoms with Gasteiger partial charge in [0.15, 0.2) is 6.29 Å². The lowest BCUT2D eigenvalue weighted by Gasteiger charge is -2.07. The molecule has 0 amide bonds. The van der Waals surface area contributed by atoms with Gasteiger partial charge in [0.1, 0.15) is 5.75 Å². The number of rotatable bonds is 3. The Morgan fingerprint density at radius 2 is 2.00 bits per heavy atom. The van der Waals surface area contributed by atoms with Gasteiger partial charge in [-0.3, -0.25) is 4.79 Å². The summed E-state index contributed by atoms with van der Waals surface area (Å²) < 4.78 is 6.36. The van der Waals surface area contributed by atoms with Gasteiger partial charge in [0.05, 0.1) is 10.0 Å². The van der Waals surface area contributed by atoms with Gasteiger partial charge in [-0.1, -0.05) is 12.1 Å². The van der Waals surface area contributed by atoms with Crippen LogP contribution >= 0.6 is 15.9 Å². The molecule has 0 aliphatic carbocycles. The van der Waals surface area contributed by atoms with E-state index in [1.807, 2.05) is 18.2 Å². The van der Waals surface area contributed by atoms with E-state index in [1.165, 1.54) is 0 Å². The van der Waals surface area contributed by atoms with E-state index in [9.17, 15) is 4.79 Å². The predicted octanol–water partition coefficient (Wildman–Crippen LogP) is 3.45. The molecule has 80 valence electrons. The minimum absolute atomic E-state index is 0.310. The van der Waals surface area contributed by atoms with Gasteiger partial charge < -0.3 is 4.74 Å². The van der Waals surface area contributed by atoms with Gasteiger partial charge in [0, 0.05) is 6.20 Å². The standard InChI is InChI=1S/C12H8BrNO2/c13-10-5-1-2-6-11(10)16-12-9(8-15)4-3-7-14-12/h1-8H. The number of pyridine rings is 1. The maximum absolute atomic E-state index is 10.8. The number of nitrogens with zero attached hydrogens (tertiary/aromatic N) is 1. The number of carbonyl (C=O) groups excluding carboxylic acids is 1. The van der Waals surface area contributed by atoms with E-state index in [4.69, 9.17) is 4.74 Å². The fraction of sp³-hybridized carbons (Fsp3) is 0. The molecule has 1 aromatic heterocycles. The SMILES string of the molecule is O=Cc1cccnc1Oc1ccccc1Br. The summed E-state index contributed by atoms with van der Waals surface area (Å²) in [6, 6.07) is 10.7. The number of halogens is 1. The molecule has 2 rings (SSSR count). The van der Waals surface area contributed by atoms with Crippen LogP contribution in [0.4, 0.5) is 0 Å². The predicted molar refractivity (Wildman–Crippen MR) is 63.8 cm³/mol. The molecule has 0 fully saturated rings. The highest BCUT2D eigenvalue weighted by Crippen LogP contribution is 2.29. The number of hydrogen-bond donors (Lipinski definition) is 0. The highest BCUT2D eigenvalue weighted by Gasteiger charge is 2.06. The van der Waals surface area contributed by atoms with Crippen LogP contribution in [0, 0.1) is 0 Å². The average Bonchev–Trinajstić information content (AvgIpc) is 2.33. The third-order valence-electron chi connectivity index (χ3n) is 1.97. The highest BCUT2D eigenvalue weighted by molar-refractivity contribution is 9.10. The molecular weight excluding hydrogens is 270 g/mol. The van der Waals surface area contributed by atoms with Crippen LogP contribution in [0.15, 0.2) is 47.1 Å². The molecule has 0 aliphatic rings. The van der Waals surface area contributed by atoms with Crippen molar-refractivity contribution in [1.82, 2.24) is 4.98 Å². The Labute approximate surface area is 101 Å². The zero-order valence-corrected chi connectivity index (χ0v) is 9.85. The number of aromatic nitrogens is 1. The summed E-state index contributed by atoms with van der Waals surface area (Å²) in [5.41, 5.74) is 0.429. The summed E-state index contributed by atoms with van der Waals surface area (Å²) in [5.74, 6) is 0.939. The molecule has 0 atom stereocenters. The molecular formula is C12H8BrNO2. The van der Waals surface area contributed by atoms with Gasteiger partial charge in [-0.25, -0.2) is 4.98 Å². The van der Waals surface area contributed by atoms with Crippen molar-refractivity contribution in [1.29, 1.82) is 0 Å². The molecule has 0 bridgehead atoms. The van der Waals surface area contributed by atoms with Crippen LogP contribution in [0.1, 0.15) is 10.4 Å². The lowest BCUT2D eigenvalue weighted by atomic mass is 10.3. The summed E-state index contributed by atoms with van der Waals surface area (Å²) in [6.07, 6.45) is 2.30. The Bertz CT molecular complexity index is 514. The Morgan fingerprint density at radius 1 is 1.19 bits per heavy atom. The van der Waals surface area contributed by atoms with E-state index in [2.05, 4.69) is 20.9 Å². The number of carbonyl (C=O) groups is 1. The number of aldehydes is 1. The molecule has 3 nitrogen and oxygen atoms in total. The Morgan fingerprint density at radius 3 is 2.75 bits per heavy atom. The quantitative estimate of drug-likeness (QED) is 0.807. The van der Waals surface area contributed by atoms with Gasteiger partial charge in [0.2, 0.25) is 5.88 Å². The molecule has 2 aromatic rings. The monoisotopic (exact) mass is 277 g/mol. The fourth-order valence-corrected chi connectivity index (χ4v) is 1.58. The Balaban J connectivity index is 2.34. The second-order valence-corrected chi connectivity index (χ2v) is 3.90. The lowest BCUT2D eigenvalue weighted by molar-refractivity contribution is 0.112. The molecule has 16 heavy (non-hydrogen) atoms. The van der Waals surface area contributed by atoms with Crippen LogP contribution in [0.3, 0.4) is 0 Å². The molecule has 0 aliphatic heterocycles. The number of hydrogen-bond acceptors (Lipinski definition) is 3. The van der Waals surface area contributed by atoms with Gasteiger partial charge in [-0.15, -0.1) is 0 Å². The molecule has 0 spiro atoms. The van der Waals surface area contributed by atoms with Crippen LogP contribution < -0.4 is 4.74 Å². The van der Waals surface area contributed by atoms with E-state index in [0.717, 1.165) is 10.8 Å². The largest absolute Gasteiger partial charge is 0.437 e. The minimum atomic E-state index is 0.310. The van der Waals surface area contributed by atoms with E-state index in [1.54, 1.807) is 24.4 Å². The van der Waals surface area contributed by atoms with E-state index in [-0.39, 0.29) is 0 Å². The number of ether oxygens (including phenoxy) is 1. The van der Waals surface area contributed by atoms with Crippen LogP contribution in [-0.2, 0) is 0 Å². The van der Waals surface area contributed by atoms with Crippen molar-refractivity contribution in [2.45, 2.75) is 0 Å². The highest BCUT2D eigenvalue weighted by atomic mass is 79.9. The summed E-state index contributed by atoms with van der Waals surface area (Å²) in [5, 5.41) is 0. The first-order chi connectivity index (χ1) is 7.81. The van der Waals surface area contributed by atoms with Crippen LogP contribution in [0.5, 0.6) is 11.6 Å². The zero-order chi connectivity index (χ0) is 11.4. The molecule has 1 heterocycles. The molecule has 0 radical (unpaired) electrons. The molecule has 0 saturated carbocycles. The summed E-state index contributed by atoms with van der Waals surface area (Å²) in [6.45, 7) is 0. The Hall–Kier alpha value is -1.68. The van der Waals surface area contributed by atoms with Crippen molar-refractivity contribution in [3.05, 3.63) is 52.6 Å². The second-order valence-electron chi connectivity index (χ2n) is 3.05. The van der Waals surface area contributed by atoms with Crippen molar-refractivity contribution in [2.75, 3.05) is 0 Å². The van der Waals surface area contributed by atoms with E-state index >= 15 is 0 Å². The van der Waals surface area contributed by atoms with Gasteiger partial charge in [0.25, 0.3) is 0 Å². The average molecular weight is 278 g/mol. The maximum Gasteiger partial charge on any atom is 0.229 e. The summed E-state index contributed by atoms with van der Waals surface area (Å²) >= 11 is 3.36. The van der Waals surface area contributed by atoms with Crippen molar-refractivity contribution in [3.8, 4) is 11.6 Å². The third-order valence-corrected chi connectivity index (χ3v) is 2.63. The van der Waals surface area contributed by atoms with Crippen molar-refractivity contribution in [3.63, 3.8) is 0 Å². The molecule has 0 N–H and O–H groups in total. The minimum Gasteiger partial charge on any atom is -0.437 e. The first kappa shape index (κ1) is 10.8. The summed E-state index contributed by atoms with van der Waals surface area (Å²) in [4.78, 5) is 14.8. The van der Waals surface area contributed by atoms with E-state index in [0.29, 0.717) is 17.2 Å².